The Morgan fingerprint density at radius 3 is 2.77 bits per heavy atom. The van der Waals surface area contributed by atoms with Crippen LogP contribution in [0.15, 0.2) is 58.4 Å². The molecule has 5 rings (SSSR count). The molecular formula is C22H21N5OS3. The lowest BCUT2D eigenvalue weighted by Gasteiger charge is -2.12. The Balaban J connectivity index is 1.26. The number of carbonyl (C=O) groups excluding carboxylic acids is 1. The van der Waals surface area contributed by atoms with Gasteiger partial charge in [0.1, 0.15) is 5.82 Å². The van der Waals surface area contributed by atoms with Crippen LogP contribution in [-0.2, 0) is 11.2 Å². The van der Waals surface area contributed by atoms with Gasteiger partial charge in [0, 0.05) is 28.3 Å². The summed E-state index contributed by atoms with van der Waals surface area (Å²) in [6.07, 6.45) is 3.07. The number of thiophene rings is 1. The van der Waals surface area contributed by atoms with Gasteiger partial charge >= 0.3 is 0 Å². The Labute approximate surface area is 192 Å². The van der Waals surface area contributed by atoms with Gasteiger partial charge in [0.25, 0.3) is 0 Å². The SMILES string of the molecule is C[C@@H](Sc1nnc(Cc2cccs2)n1C1CC1)C(=O)Nc1nc(-c2ccccc2)cs1. The van der Waals surface area contributed by atoms with Crippen LogP contribution in [0.5, 0.6) is 0 Å². The fraction of sp³-hybridized carbons (Fsp3) is 0.273. The first-order valence-electron chi connectivity index (χ1n) is 10.1. The van der Waals surface area contributed by atoms with Gasteiger partial charge in [-0.2, -0.15) is 0 Å². The predicted molar refractivity (Wildman–Crippen MR) is 127 cm³/mol. The molecule has 1 aliphatic rings. The van der Waals surface area contributed by atoms with E-state index in [1.54, 1.807) is 11.3 Å². The molecule has 31 heavy (non-hydrogen) atoms. The third kappa shape index (κ3) is 4.73. The molecule has 4 aromatic rings. The molecule has 1 N–H and O–H groups in total. The molecule has 0 unspecified atom stereocenters. The molecule has 1 aromatic carbocycles. The molecule has 0 saturated heterocycles. The topological polar surface area (TPSA) is 72.7 Å². The van der Waals surface area contributed by atoms with E-state index in [0.29, 0.717) is 11.2 Å². The molecular weight excluding hydrogens is 446 g/mol. The summed E-state index contributed by atoms with van der Waals surface area (Å²) >= 11 is 4.63. The third-order valence-corrected chi connectivity index (χ3v) is 7.71. The molecule has 1 atom stereocenters. The Morgan fingerprint density at radius 1 is 1.19 bits per heavy atom. The number of hydrogen-bond acceptors (Lipinski definition) is 7. The molecule has 1 saturated carbocycles. The van der Waals surface area contributed by atoms with E-state index >= 15 is 0 Å². The summed E-state index contributed by atoms with van der Waals surface area (Å²) in [5, 5.41) is 17.0. The van der Waals surface area contributed by atoms with E-state index in [1.165, 1.54) is 28.0 Å². The van der Waals surface area contributed by atoms with Crippen LogP contribution in [0, 0.1) is 0 Å². The normalized spacial score (nSPS) is 14.5. The van der Waals surface area contributed by atoms with Crippen LogP contribution in [-0.4, -0.2) is 30.9 Å². The lowest BCUT2D eigenvalue weighted by Crippen LogP contribution is -2.23. The maximum atomic E-state index is 12.8. The number of nitrogens with one attached hydrogen (secondary N) is 1. The minimum absolute atomic E-state index is 0.0795. The molecule has 0 aliphatic heterocycles. The largest absolute Gasteiger partial charge is 0.303 e. The highest BCUT2D eigenvalue weighted by atomic mass is 32.2. The van der Waals surface area contributed by atoms with Crippen molar-refractivity contribution in [1.82, 2.24) is 19.7 Å². The highest BCUT2D eigenvalue weighted by Crippen LogP contribution is 2.40. The summed E-state index contributed by atoms with van der Waals surface area (Å²) in [6.45, 7) is 1.90. The summed E-state index contributed by atoms with van der Waals surface area (Å²) in [4.78, 5) is 18.6. The zero-order valence-corrected chi connectivity index (χ0v) is 19.3. The minimum Gasteiger partial charge on any atom is -0.303 e. The molecule has 1 amide bonds. The highest BCUT2D eigenvalue weighted by molar-refractivity contribution is 8.00. The second-order valence-corrected chi connectivity index (χ2v) is 10.6. The van der Waals surface area contributed by atoms with Crippen molar-refractivity contribution in [2.24, 2.45) is 0 Å². The minimum atomic E-state index is -0.305. The number of aromatic nitrogens is 4. The molecule has 158 valence electrons. The van der Waals surface area contributed by atoms with Gasteiger partial charge in [0.2, 0.25) is 5.91 Å². The van der Waals surface area contributed by atoms with Gasteiger partial charge in [-0.3, -0.25) is 4.79 Å². The van der Waals surface area contributed by atoms with E-state index in [9.17, 15) is 4.79 Å². The van der Waals surface area contributed by atoms with Gasteiger partial charge in [-0.25, -0.2) is 4.98 Å². The standard InChI is InChI=1S/C22H21N5OS3/c1-14(20(28)24-21-23-18(13-30-21)15-6-3-2-4-7-15)31-22-26-25-19(27(22)16-9-10-16)12-17-8-5-11-29-17/h2-8,11,13-14,16H,9-10,12H2,1H3,(H,23,24,28)/t14-/m1/s1. The number of thioether (sulfide) groups is 1. The second kappa shape index (κ2) is 8.94. The maximum Gasteiger partial charge on any atom is 0.239 e. The summed E-state index contributed by atoms with van der Waals surface area (Å²) in [7, 11) is 0. The van der Waals surface area contributed by atoms with E-state index in [-0.39, 0.29) is 11.2 Å². The Morgan fingerprint density at radius 2 is 2.03 bits per heavy atom. The van der Waals surface area contributed by atoms with Crippen molar-refractivity contribution in [1.29, 1.82) is 0 Å². The molecule has 9 heteroatoms. The molecule has 1 aliphatic carbocycles. The van der Waals surface area contributed by atoms with Crippen molar-refractivity contribution < 1.29 is 4.79 Å². The molecule has 0 radical (unpaired) electrons. The number of anilines is 1. The van der Waals surface area contributed by atoms with Gasteiger partial charge in [-0.15, -0.1) is 32.9 Å². The third-order valence-electron chi connectivity index (χ3n) is 5.01. The second-order valence-electron chi connectivity index (χ2n) is 7.41. The van der Waals surface area contributed by atoms with Crippen LogP contribution in [0.4, 0.5) is 5.13 Å². The van der Waals surface area contributed by atoms with E-state index in [0.717, 1.165) is 41.5 Å². The van der Waals surface area contributed by atoms with Crippen molar-refractivity contribution >= 4 is 45.5 Å². The predicted octanol–water partition coefficient (Wildman–Crippen LogP) is 5.51. The first-order valence-corrected chi connectivity index (χ1v) is 12.8. The first kappa shape index (κ1) is 20.4. The lowest BCUT2D eigenvalue weighted by atomic mass is 10.2. The van der Waals surface area contributed by atoms with E-state index in [2.05, 4.69) is 42.6 Å². The van der Waals surface area contributed by atoms with Crippen LogP contribution in [0.25, 0.3) is 11.3 Å². The Kier molecular flexibility index (Phi) is 5.89. The van der Waals surface area contributed by atoms with Crippen molar-refractivity contribution in [3.63, 3.8) is 0 Å². The number of hydrogen-bond donors (Lipinski definition) is 1. The van der Waals surface area contributed by atoms with Gasteiger partial charge in [-0.1, -0.05) is 48.2 Å². The van der Waals surface area contributed by atoms with Crippen molar-refractivity contribution in [3.05, 3.63) is 63.9 Å². The van der Waals surface area contributed by atoms with Crippen LogP contribution < -0.4 is 5.32 Å². The summed E-state index contributed by atoms with van der Waals surface area (Å²) in [5.74, 6) is 0.900. The molecule has 3 aromatic heterocycles. The van der Waals surface area contributed by atoms with E-state index < -0.39 is 0 Å². The average molecular weight is 468 g/mol. The van der Waals surface area contributed by atoms with Crippen LogP contribution in [0.1, 0.15) is 36.5 Å². The van der Waals surface area contributed by atoms with E-state index in [1.807, 2.05) is 42.6 Å². The zero-order chi connectivity index (χ0) is 21.2. The molecule has 0 bridgehead atoms. The summed E-state index contributed by atoms with van der Waals surface area (Å²) in [6, 6.07) is 14.6. The van der Waals surface area contributed by atoms with Gasteiger partial charge in [-0.05, 0) is 31.2 Å². The van der Waals surface area contributed by atoms with Crippen molar-refractivity contribution in [3.8, 4) is 11.3 Å². The van der Waals surface area contributed by atoms with Gasteiger partial charge in [0.05, 0.1) is 10.9 Å². The van der Waals surface area contributed by atoms with Gasteiger partial charge < -0.3 is 9.88 Å². The number of rotatable bonds is 8. The summed E-state index contributed by atoms with van der Waals surface area (Å²) in [5.41, 5.74) is 1.91. The van der Waals surface area contributed by atoms with Crippen LogP contribution in [0.2, 0.25) is 0 Å². The molecule has 6 nitrogen and oxygen atoms in total. The number of benzene rings is 1. The Bertz CT molecular complexity index is 1170. The van der Waals surface area contributed by atoms with Crippen LogP contribution in [0.3, 0.4) is 0 Å². The molecule has 3 heterocycles. The van der Waals surface area contributed by atoms with Gasteiger partial charge in [0.15, 0.2) is 10.3 Å². The highest BCUT2D eigenvalue weighted by Gasteiger charge is 2.31. The smallest absolute Gasteiger partial charge is 0.239 e. The van der Waals surface area contributed by atoms with Crippen molar-refractivity contribution in [2.45, 2.75) is 42.6 Å². The Hall–Kier alpha value is -2.49. The molecule has 1 fully saturated rings. The average Bonchev–Trinajstić information content (AvgIpc) is 3.16. The number of carbonyl (C=O) groups is 1. The quantitative estimate of drug-likeness (QED) is 0.346. The monoisotopic (exact) mass is 467 g/mol. The first-order chi connectivity index (χ1) is 15.2. The van der Waals surface area contributed by atoms with Crippen LogP contribution >= 0.6 is 34.4 Å². The number of amides is 1. The lowest BCUT2D eigenvalue weighted by molar-refractivity contribution is -0.115. The number of nitrogens with zero attached hydrogens (tertiary/aromatic N) is 4. The summed E-state index contributed by atoms with van der Waals surface area (Å²) < 4.78 is 2.23. The molecule has 0 spiro atoms. The fourth-order valence-corrected chi connectivity index (χ4v) is 5.63. The maximum absolute atomic E-state index is 12.8. The zero-order valence-electron chi connectivity index (χ0n) is 16.9. The number of thiazole rings is 1. The van der Waals surface area contributed by atoms with E-state index in [4.69, 9.17) is 0 Å². The fourth-order valence-electron chi connectivity index (χ4n) is 3.27. The van der Waals surface area contributed by atoms with Crippen molar-refractivity contribution in [2.75, 3.05) is 5.32 Å².